The first-order valence-electron chi connectivity index (χ1n) is 7.19. The number of hydrogen-bond acceptors (Lipinski definition) is 6. The van der Waals surface area contributed by atoms with Crippen molar-refractivity contribution in [1.29, 1.82) is 0 Å². The molecule has 0 amide bonds. The first-order valence-corrected chi connectivity index (χ1v) is 8.24. The van der Waals surface area contributed by atoms with Crippen molar-refractivity contribution in [2.75, 3.05) is 5.75 Å². The van der Waals surface area contributed by atoms with Gasteiger partial charge in [-0.2, -0.15) is 4.39 Å². The van der Waals surface area contributed by atoms with Gasteiger partial charge < -0.3 is 20.1 Å². The van der Waals surface area contributed by atoms with Crippen LogP contribution >= 0.6 is 11.8 Å². The number of thioether (sulfide) groups is 1. The molecule has 0 spiro atoms. The lowest BCUT2D eigenvalue weighted by molar-refractivity contribution is -0.0790. The molecule has 1 saturated heterocycles. The second kappa shape index (κ2) is 7.02. The molecule has 2 aromatic rings. The van der Waals surface area contributed by atoms with Crippen LogP contribution in [0.3, 0.4) is 0 Å². The van der Waals surface area contributed by atoms with Crippen molar-refractivity contribution in [2.24, 2.45) is 0 Å². The number of aliphatic hydroxyl groups excluding tert-OH is 3. The second-order valence-electron chi connectivity index (χ2n) is 5.37. The van der Waals surface area contributed by atoms with Gasteiger partial charge in [-0.05, 0) is 35.4 Å². The van der Waals surface area contributed by atoms with E-state index in [4.69, 9.17) is 4.74 Å². The minimum Gasteiger partial charge on any atom is -0.474 e. The van der Waals surface area contributed by atoms with E-state index in [0.717, 1.165) is 17.8 Å². The van der Waals surface area contributed by atoms with Crippen LogP contribution < -0.4 is 4.74 Å². The van der Waals surface area contributed by atoms with Gasteiger partial charge in [-0.25, -0.2) is 4.39 Å². The lowest BCUT2D eigenvalue weighted by Gasteiger charge is -2.34. The fourth-order valence-corrected chi connectivity index (χ4v) is 3.48. The molecule has 0 bridgehead atoms. The zero-order chi connectivity index (χ0) is 17.3. The number of halogens is 2. The van der Waals surface area contributed by atoms with Crippen LogP contribution in [0.4, 0.5) is 8.78 Å². The molecule has 24 heavy (non-hydrogen) atoms. The minimum absolute atomic E-state index is 0.108. The molecule has 0 unspecified atom stereocenters. The SMILES string of the molecule is O[C@@H]1[C@@H](O)[C@H](Oc2cc(-c3ccncc3)cc(F)c2F)SC[C@H]1O. The third-order valence-corrected chi connectivity index (χ3v) is 4.94. The summed E-state index contributed by atoms with van der Waals surface area (Å²) >= 11 is 1.01. The number of nitrogens with zero attached hydrogens (tertiary/aromatic N) is 1. The smallest absolute Gasteiger partial charge is 0.200 e. The first-order chi connectivity index (χ1) is 11.5. The molecule has 1 fully saturated rings. The summed E-state index contributed by atoms with van der Waals surface area (Å²) in [6, 6.07) is 5.64. The predicted molar refractivity (Wildman–Crippen MR) is 84.5 cm³/mol. The molecule has 8 heteroatoms. The second-order valence-corrected chi connectivity index (χ2v) is 6.51. The van der Waals surface area contributed by atoms with Gasteiger partial charge >= 0.3 is 0 Å². The normalized spacial score (nSPS) is 27.0. The molecule has 4 atom stereocenters. The zero-order valence-corrected chi connectivity index (χ0v) is 13.2. The van der Waals surface area contributed by atoms with Gasteiger partial charge in [0.25, 0.3) is 0 Å². The first kappa shape index (κ1) is 17.1. The third-order valence-electron chi connectivity index (χ3n) is 3.71. The third kappa shape index (κ3) is 3.36. The van der Waals surface area contributed by atoms with E-state index in [-0.39, 0.29) is 11.5 Å². The number of hydrogen-bond donors (Lipinski definition) is 3. The van der Waals surface area contributed by atoms with Crippen LogP contribution in [0.1, 0.15) is 0 Å². The van der Waals surface area contributed by atoms with Crippen molar-refractivity contribution in [3.05, 3.63) is 48.3 Å². The van der Waals surface area contributed by atoms with Crippen molar-refractivity contribution < 1.29 is 28.8 Å². The Bertz CT molecular complexity index is 719. The van der Waals surface area contributed by atoms with E-state index in [9.17, 15) is 24.1 Å². The highest BCUT2D eigenvalue weighted by Crippen LogP contribution is 2.33. The van der Waals surface area contributed by atoms with Crippen LogP contribution in [0.2, 0.25) is 0 Å². The number of ether oxygens (including phenoxy) is 1. The summed E-state index contributed by atoms with van der Waals surface area (Å²) in [4.78, 5) is 3.87. The van der Waals surface area contributed by atoms with E-state index in [1.54, 1.807) is 12.1 Å². The molecule has 3 rings (SSSR count). The molecule has 128 valence electrons. The minimum atomic E-state index is -1.43. The maximum Gasteiger partial charge on any atom is 0.200 e. The van der Waals surface area contributed by atoms with Crippen LogP contribution in [0, 0.1) is 11.6 Å². The molecule has 2 heterocycles. The van der Waals surface area contributed by atoms with Crippen LogP contribution in [-0.4, -0.2) is 49.8 Å². The summed E-state index contributed by atoms with van der Waals surface area (Å²) in [5, 5.41) is 29.1. The largest absolute Gasteiger partial charge is 0.474 e. The highest BCUT2D eigenvalue weighted by Gasteiger charge is 2.39. The fraction of sp³-hybridized carbons (Fsp3) is 0.312. The van der Waals surface area contributed by atoms with Gasteiger partial charge in [0.15, 0.2) is 17.0 Å². The zero-order valence-electron chi connectivity index (χ0n) is 12.3. The van der Waals surface area contributed by atoms with Crippen molar-refractivity contribution in [3.8, 4) is 16.9 Å². The summed E-state index contributed by atoms with van der Waals surface area (Å²) in [5.41, 5.74) is -0.00627. The standard InChI is InChI=1S/C16H15F2NO4S/c17-10-5-9(8-1-3-19-4-2-8)6-12(13(10)18)23-16-15(22)14(21)11(20)7-24-16/h1-6,11,14-16,20-22H,7H2/t11-,14+,15-,16-/m1/s1. The Morgan fingerprint density at radius 1 is 1.04 bits per heavy atom. The lowest BCUT2D eigenvalue weighted by Crippen LogP contribution is -2.50. The molecule has 0 radical (unpaired) electrons. The Hall–Kier alpha value is -1.74. The maximum absolute atomic E-state index is 14.0. The molecule has 1 aliphatic rings. The van der Waals surface area contributed by atoms with Crippen LogP contribution in [-0.2, 0) is 0 Å². The molecule has 0 aliphatic carbocycles. The molecular weight excluding hydrogens is 340 g/mol. The van der Waals surface area contributed by atoms with Crippen molar-refractivity contribution in [3.63, 3.8) is 0 Å². The average molecular weight is 355 g/mol. The van der Waals surface area contributed by atoms with Crippen molar-refractivity contribution in [1.82, 2.24) is 4.98 Å². The Kier molecular flexibility index (Phi) is 5.00. The summed E-state index contributed by atoms with van der Waals surface area (Å²) in [5.74, 6) is -2.53. The van der Waals surface area contributed by atoms with E-state index in [0.29, 0.717) is 11.1 Å². The average Bonchev–Trinajstić information content (AvgIpc) is 2.59. The molecule has 1 aliphatic heterocycles. The quantitative estimate of drug-likeness (QED) is 0.775. The molecule has 3 N–H and O–H groups in total. The number of pyridine rings is 1. The fourth-order valence-electron chi connectivity index (χ4n) is 2.37. The van der Waals surface area contributed by atoms with E-state index < -0.39 is 35.4 Å². The van der Waals surface area contributed by atoms with Gasteiger partial charge in [-0.3, -0.25) is 4.98 Å². The van der Waals surface area contributed by atoms with Gasteiger partial charge in [0, 0.05) is 18.1 Å². The van der Waals surface area contributed by atoms with E-state index in [1.807, 2.05) is 0 Å². The van der Waals surface area contributed by atoms with E-state index >= 15 is 0 Å². The summed E-state index contributed by atoms with van der Waals surface area (Å²) in [7, 11) is 0. The molecule has 1 aromatic heterocycles. The summed E-state index contributed by atoms with van der Waals surface area (Å²) in [6.07, 6.45) is -0.890. The Morgan fingerprint density at radius 3 is 2.46 bits per heavy atom. The number of benzene rings is 1. The van der Waals surface area contributed by atoms with Crippen molar-refractivity contribution in [2.45, 2.75) is 23.7 Å². The number of aliphatic hydroxyl groups is 3. The van der Waals surface area contributed by atoms with Crippen LogP contribution in [0.15, 0.2) is 36.7 Å². The van der Waals surface area contributed by atoms with Gasteiger partial charge in [-0.1, -0.05) is 0 Å². The molecule has 5 nitrogen and oxygen atoms in total. The maximum atomic E-state index is 14.0. The van der Waals surface area contributed by atoms with E-state index in [1.165, 1.54) is 18.5 Å². The van der Waals surface area contributed by atoms with Gasteiger partial charge in [0.2, 0.25) is 5.82 Å². The van der Waals surface area contributed by atoms with Crippen LogP contribution in [0.25, 0.3) is 11.1 Å². The summed E-state index contributed by atoms with van der Waals surface area (Å²) in [6.45, 7) is 0. The topological polar surface area (TPSA) is 82.8 Å². The van der Waals surface area contributed by atoms with Gasteiger partial charge in [0.05, 0.1) is 6.10 Å². The highest BCUT2D eigenvalue weighted by atomic mass is 32.2. The van der Waals surface area contributed by atoms with Crippen molar-refractivity contribution >= 4 is 11.8 Å². The summed E-state index contributed by atoms with van der Waals surface area (Å²) < 4.78 is 33.3. The Balaban J connectivity index is 1.89. The lowest BCUT2D eigenvalue weighted by atomic mass is 10.1. The monoisotopic (exact) mass is 355 g/mol. The van der Waals surface area contributed by atoms with Gasteiger partial charge in [0.1, 0.15) is 12.2 Å². The highest BCUT2D eigenvalue weighted by molar-refractivity contribution is 7.99. The molecule has 1 aromatic carbocycles. The van der Waals surface area contributed by atoms with Gasteiger partial charge in [-0.15, -0.1) is 11.8 Å². The number of rotatable bonds is 3. The predicted octanol–water partition coefficient (Wildman–Crippen LogP) is 1.56. The Morgan fingerprint density at radius 2 is 1.75 bits per heavy atom. The number of aromatic nitrogens is 1. The van der Waals surface area contributed by atoms with Crippen LogP contribution in [0.5, 0.6) is 5.75 Å². The molecule has 0 saturated carbocycles. The van der Waals surface area contributed by atoms with E-state index in [2.05, 4.69) is 4.98 Å². The Labute approximate surface area is 140 Å². The molecular formula is C16H15F2NO4S.